The van der Waals surface area contributed by atoms with Gasteiger partial charge < -0.3 is 10.1 Å². The molecular formula is C19H21ClN2O3S. The Labute approximate surface area is 162 Å². The number of nitrogens with one attached hydrogen (secondary N) is 1. The van der Waals surface area contributed by atoms with Gasteiger partial charge in [-0.2, -0.15) is 11.8 Å². The predicted molar refractivity (Wildman–Crippen MR) is 105 cm³/mol. The van der Waals surface area contributed by atoms with Gasteiger partial charge in [0.15, 0.2) is 6.61 Å². The fraction of sp³-hybridized carbons (Fsp3) is 0.316. The summed E-state index contributed by atoms with van der Waals surface area (Å²) in [5, 5.41) is 2.82. The summed E-state index contributed by atoms with van der Waals surface area (Å²) < 4.78 is 5.04. The Morgan fingerprint density at radius 3 is 2.65 bits per heavy atom. The number of carbonyl (C=O) groups is 2. The van der Waals surface area contributed by atoms with Crippen LogP contribution in [0.5, 0.6) is 0 Å². The number of carbonyl (C=O) groups excluding carboxylic acids is 2. The maximum Gasteiger partial charge on any atom is 0.342 e. The first-order valence-electron chi connectivity index (χ1n) is 8.16. The van der Waals surface area contributed by atoms with Gasteiger partial charge in [0.2, 0.25) is 0 Å². The third-order valence-electron chi connectivity index (χ3n) is 3.52. The van der Waals surface area contributed by atoms with E-state index in [9.17, 15) is 9.59 Å². The highest BCUT2D eigenvalue weighted by molar-refractivity contribution is 7.98. The van der Waals surface area contributed by atoms with Gasteiger partial charge in [-0.05, 0) is 31.0 Å². The molecule has 7 heteroatoms. The van der Waals surface area contributed by atoms with Crippen molar-refractivity contribution in [2.75, 3.05) is 18.9 Å². The van der Waals surface area contributed by atoms with Gasteiger partial charge >= 0.3 is 5.97 Å². The van der Waals surface area contributed by atoms with E-state index < -0.39 is 5.97 Å². The van der Waals surface area contributed by atoms with E-state index in [0.29, 0.717) is 12.1 Å². The Bertz CT molecular complexity index is 746. The summed E-state index contributed by atoms with van der Waals surface area (Å²) in [4.78, 5) is 27.9. The van der Waals surface area contributed by atoms with Crippen molar-refractivity contribution >= 4 is 35.2 Å². The molecule has 0 unspecified atom stereocenters. The summed E-state index contributed by atoms with van der Waals surface area (Å²) in [5.41, 5.74) is 2.83. The van der Waals surface area contributed by atoms with Crippen molar-refractivity contribution in [2.24, 2.45) is 0 Å². The van der Waals surface area contributed by atoms with Crippen molar-refractivity contribution < 1.29 is 14.3 Å². The molecular weight excluding hydrogens is 372 g/mol. The smallest absolute Gasteiger partial charge is 0.342 e. The largest absolute Gasteiger partial charge is 0.452 e. The molecule has 0 bridgehead atoms. The van der Waals surface area contributed by atoms with Gasteiger partial charge in [0.1, 0.15) is 5.15 Å². The van der Waals surface area contributed by atoms with E-state index in [2.05, 4.69) is 22.4 Å². The van der Waals surface area contributed by atoms with Crippen LogP contribution in [0.25, 0.3) is 0 Å². The van der Waals surface area contributed by atoms with Gasteiger partial charge in [0.25, 0.3) is 5.91 Å². The average Bonchev–Trinajstić information content (AvgIpc) is 2.59. The highest BCUT2D eigenvalue weighted by atomic mass is 35.5. The fourth-order valence-corrected chi connectivity index (χ4v) is 3.50. The van der Waals surface area contributed by atoms with E-state index in [4.69, 9.17) is 16.3 Å². The first kappa shape index (κ1) is 20.3. The SMILES string of the molecule is Cc1cc(C)c(C(=O)OCC(=O)NCCSCc2ccccc2)c(Cl)n1. The molecule has 0 fully saturated rings. The second kappa shape index (κ2) is 10.2. The minimum absolute atomic E-state index is 0.0882. The lowest BCUT2D eigenvalue weighted by molar-refractivity contribution is -0.124. The lowest BCUT2D eigenvalue weighted by atomic mass is 10.1. The standard InChI is InChI=1S/C19H21ClN2O3S/c1-13-10-14(2)22-18(20)17(13)19(24)25-11-16(23)21-8-9-26-12-15-6-4-3-5-7-15/h3-7,10H,8-9,11-12H2,1-2H3,(H,21,23). The monoisotopic (exact) mass is 392 g/mol. The quantitative estimate of drug-likeness (QED) is 0.422. The van der Waals surface area contributed by atoms with Crippen molar-refractivity contribution in [3.05, 3.63) is 63.9 Å². The van der Waals surface area contributed by atoms with Crippen LogP contribution in [0.2, 0.25) is 5.15 Å². The molecule has 2 aromatic rings. The first-order valence-corrected chi connectivity index (χ1v) is 9.70. The van der Waals surface area contributed by atoms with Crippen LogP contribution in [-0.4, -0.2) is 35.8 Å². The van der Waals surface area contributed by atoms with Gasteiger partial charge in [-0.25, -0.2) is 9.78 Å². The maximum atomic E-state index is 12.1. The summed E-state index contributed by atoms with van der Waals surface area (Å²) in [7, 11) is 0. The van der Waals surface area contributed by atoms with Crippen molar-refractivity contribution in [1.29, 1.82) is 0 Å². The zero-order chi connectivity index (χ0) is 18.9. The molecule has 5 nitrogen and oxygen atoms in total. The lowest BCUT2D eigenvalue weighted by Gasteiger charge is -2.09. The average molecular weight is 393 g/mol. The van der Waals surface area contributed by atoms with Crippen molar-refractivity contribution in [3.63, 3.8) is 0 Å². The number of benzene rings is 1. The third kappa shape index (κ3) is 6.35. The number of halogens is 1. The van der Waals surface area contributed by atoms with E-state index in [-0.39, 0.29) is 23.2 Å². The molecule has 0 aliphatic rings. The van der Waals surface area contributed by atoms with E-state index in [1.807, 2.05) is 18.2 Å². The Balaban J connectivity index is 1.68. The number of esters is 1. The molecule has 1 heterocycles. The molecule has 1 N–H and O–H groups in total. The summed E-state index contributed by atoms with van der Waals surface area (Å²) in [6.07, 6.45) is 0. The number of amides is 1. The molecule has 138 valence electrons. The molecule has 0 atom stereocenters. The highest BCUT2D eigenvalue weighted by Gasteiger charge is 2.18. The van der Waals surface area contributed by atoms with Crippen LogP contribution < -0.4 is 5.32 Å². The van der Waals surface area contributed by atoms with E-state index in [1.165, 1.54) is 5.56 Å². The molecule has 1 aromatic heterocycles. The number of pyridine rings is 1. The Morgan fingerprint density at radius 2 is 1.96 bits per heavy atom. The second-order valence-corrected chi connectivity index (χ2v) is 7.17. The highest BCUT2D eigenvalue weighted by Crippen LogP contribution is 2.19. The second-order valence-electron chi connectivity index (χ2n) is 5.71. The van der Waals surface area contributed by atoms with Crippen LogP contribution in [-0.2, 0) is 15.3 Å². The van der Waals surface area contributed by atoms with Gasteiger partial charge in [-0.15, -0.1) is 0 Å². The number of hydrogen-bond acceptors (Lipinski definition) is 5. The van der Waals surface area contributed by atoms with E-state index >= 15 is 0 Å². The number of aryl methyl sites for hydroxylation is 2. The van der Waals surface area contributed by atoms with Crippen molar-refractivity contribution in [3.8, 4) is 0 Å². The van der Waals surface area contributed by atoms with Crippen LogP contribution in [0.1, 0.15) is 27.2 Å². The molecule has 0 aliphatic carbocycles. The molecule has 0 spiro atoms. The van der Waals surface area contributed by atoms with Crippen LogP contribution in [0.15, 0.2) is 36.4 Å². The molecule has 0 saturated carbocycles. The van der Waals surface area contributed by atoms with Gasteiger partial charge in [-0.1, -0.05) is 41.9 Å². The van der Waals surface area contributed by atoms with Crippen molar-refractivity contribution in [2.45, 2.75) is 19.6 Å². The van der Waals surface area contributed by atoms with Gasteiger partial charge in [0, 0.05) is 23.7 Å². The number of aromatic nitrogens is 1. The molecule has 2 rings (SSSR count). The predicted octanol–water partition coefficient (Wildman–Crippen LogP) is 3.56. The number of ether oxygens (including phenoxy) is 1. The molecule has 1 amide bonds. The molecule has 0 radical (unpaired) electrons. The molecule has 1 aromatic carbocycles. The Kier molecular flexibility index (Phi) is 7.94. The normalized spacial score (nSPS) is 10.4. The van der Waals surface area contributed by atoms with Gasteiger partial charge in [0.05, 0.1) is 5.56 Å². The number of nitrogens with zero attached hydrogens (tertiary/aromatic N) is 1. The number of hydrogen-bond donors (Lipinski definition) is 1. The molecule has 0 saturated heterocycles. The van der Waals surface area contributed by atoms with Crippen LogP contribution in [0.4, 0.5) is 0 Å². The topological polar surface area (TPSA) is 68.3 Å². The summed E-state index contributed by atoms with van der Waals surface area (Å²) in [6, 6.07) is 11.9. The number of thioether (sulfide) groups is 1. The summed E-state index contributed by atoms with van der Waals surface area (Å²) >= 11 is 7.73. The minimum atomic E-state index is -0.645. The Morgan fingerprint density at radius 1 is 1.23 bits per heavy atom. The van der Waals surface area contributed by atoms with Crippen molar-refractivity contribution in [1.82, 2.24) is 10.3 Å². The van der Waals surface area contributed by atoms with Gasteiger partial charge in [-0.3, -0.25) is 4.79 Å². The zero-order valence-corrected chi connectivity index (χ0v) is 16.3. The van der Waals surface area contributed by atoms with Crippen LogP contribution in [0.3, 0.4) is 0 Å². The van der Waals surface area contributed by atoms with E-state index in [1.54, 1.807) is 31.7 Å². The molecule has 0 aliphatic heterocycles. The number of rotatable bonds is 8. The third-order valence-corrected chi connectivity index (χ3v) is 4.82. The fourth-order valence-electron chi connectivity index (χ4n) is 2.32. The minimum Gasteiger partial charge on any atom is -0.452 e. The van der Waals surface area contributed by atoms with Crippen LogP contribution in [0, 0.1) is 13.8 Å². The zero-order valence-electron chi connectivity index (χ0n) is 14.8. The lowest BCUT2D eigenvalue weighted by Crippen LogP contribution is -2.30. The Hall–Kier alpha value is -2.05. The van der Waals surface area contributed by atoms with Crippen LogP contribution >= 0.6 is 23.4 Å². The summed E-state index contributed by atoms with van der Waals surface area (Å²) in [5.74, 6) is 0.687. The molecule has 26 heavy (non-hydrogen) atoms. The first-order chi connectivity index (χ1) is 12.5. The summed E-state index contributed by atoms with van der Waals surface area (Å²) in [6.45, 7) is 3.71. The van der Waals surface area contributed by atoms with E-state index in [0.717, 1.165) is 17.2 Å². The maximum absolute atomic E-state index is 12.1.